The summed E-state index contributed by atoms with van der Waals surface area (Å²) in [6.07, 6.45) is 3.25. The zero-order valence-electron chi connectivity index (χ0n) is 11.5. The summed E-state index contributed by atoms with van der Waals surface area (Å²) in [5, 5.41) is 2.56. The maximum absolute atomic E-state index is 11.4. The molecule has 18 heavy (non-hydrogen) atoms. The highest BCUT2D eigenvalue weighted by Gasteiger charge is 2.15. The van der Waals surface area contributed by atoms with E-state index in [9.17, 15) is 9.59 Å². The van der Waals surface area contributed by atoms with Crippen molar-refractivity contribution in [3.8, 4) is 0 Å². The van der Waals surface area contributed by atoms with Gasteiger partial charge in [-0.3, -0.25) is 9.59 Å². The van der Waals surface area contributed by atoms with Crippen LogP contribution >= 0.6 is 0 Å². The Labute approximate surface area is 109 Å². The maximum atomic E-state index is 11.4. The molecule has 104 valence electrons. The number of nitrogens with one attached hydrogen (secondary N) is 1. The lowest BCUT2D eigenvalue weighted by molar-refractivity contribution is -0.154. The van der Waals surface area contributed by atoms with Gasteiger partial charge in [-0.2, -0.15) is 0 Å². The van der Waals surface area contributed by atoms with E-state index in [4.69, 9.17) is 10.5 Å². The molecule has 0 fully saturated rings. The van der Waals surface area contributed by atoms with Gasteiger partial charge in [0.15, 0.2) is 0 Å². The molecule has 0 aromatic heterocycles. The second kappa shape index (κ2) is 7.87. The summed E-state index contributed by atoms with van der Waals surface area (Å²) in [5.41, 5.74) is 5.23. The topological polar surface area (TPSA) is 81.4 Å². The van der Waals surface area contributed by atoms with Gasteiger partial charge >= 0.3 is 5.97 Å². The van der Waals surface area contributed by atoms with E-state index in [2.05, 4.69) is 11.9 Å². The van der Waals surface area contributed by atoms with Gasteiger partial charge in [-0.25, -0.2) is 0 Å². The van der Waals surface area contributed by atoms with Gasteiger partial charge in [-0.1, -0.05) is 6.58 Å². The fraction of sp³-hybridized carbons (Fsp3) is 0.692. The molecule has 1 unspecified atom stereocenters. The Balaban J connectivity index is 3.64. The monoisotopic (exact) mass is 256 g/mol. The van der Waals surface area contributed by atoms with E-state index in [1.165, 1.54) is 6.08 Å². The molecular weight excluding hydrogens is 232 g/mol. The highest BCUT2D eigenvalue weighted by molar-refractivity contribution is 5.86. The average Bonchev–Trinajstić information content (AvgIpc) is 2.21. The molecule has 0 bridgehead atoms. The second-order valence-electron chi connectivity index (χ2n) is 5.15. The summed E-state index contributed by atoms with van der Waals surface area (Å²) < 4.78 is 5.17. The van der Waals surface area contributed by atoms with Crippen LogP contribution in [0.2, 0.25) is 0 Å². The van der Waals surface area contributed by atoms with Crippen LogP contribution in [0.3, 0.4) is 0 Å². The average molecular weight is 256 g/mol. The Bertz CT molecular complexity index is 295. The van der Waals surface area contributed by atoms with E-state index < -0.39 is 11.8 Å². The number of carbonyl (C=O) groups is 2. The number of unbranched alkanes of at least 4 members (excludes halogenated alkanes) is 1. The van der Waals surface area contributed by atoms with Crippen molar-refractivity contribution in [2.75, 3.05) is 0 Å². The van der Waals surface area contributed by atoms with Gasteiger partial charge in [0.05, 0.1) is 6.17 Å². The van der Waals surface area contributed by atoms with Crippen molar-refractivity contribution in [3.05, 3.63) is 12.7 Å². The molecule has 0 radical (unpaired) electrons. The summed E-state index contributed by atoms with van der Waals surface area (Å²) >= 11 is 0. The van der Waals surface area contributed by atoms with Gasteiger partial charge in [0.2, 0.25) is 5.91 Å². The van der Waals surface area contributed by atoms with Crippen LogP contribution in [0, 0.1) is 0 Å². The zero-order valence-corrected chi connectivity index (χ0v) is 11.5. The first kappa shape index (κ1) is 16.6. The molecule has 5 nitrogen and oxygen atoms in total. The number of rotatable bonds is 7. The molecule has 0 aliphatic carbocycles. The predicted molar refractivity (Wildman–Crippen MR) is 70.6 cm³/mol. The Hall–Kier alpha value is -1.36. The first-order valence-corrected chi connectivity index (χ1v) is 6.15. The molecule has 0 aromatic rings. The van der Waals surface area contributed by atoms with Gasteiger partial charge in [-0.05, 0) is 46.1 Å². The molecule has 0 heterocycles. The van der Waals surface area contributed by atoms with Crippen molar-refractivity contribution in [1.29, 1.82) is 0 Å². The van der Waals surface area contributed by atoms with Gasteiger partial charge in [0, 0.05) is 6.42 Å². The number of hydrogen-bond acceptors (Lipinski definition) is 4. The van der Waals surface area contributed by atoms with E-state index in [0.717, 1.165) is 6.42 Å². The Morgan fingerprint density at radius 1 is 1.39 bits per heavy atom. The van der Waals surface area contributed by atoms with Crippen LogP contribution in [0.4, 0.5) is 0 Å². The normalized spacial score (nSPS) is 12.7. The molecule has 0 aliphatic heterocycles. The fourth-order valence-electron chi connectivity index (χ4n) is 1.34. The number of carbonyl (C=O) groups excluding carboxylic acids is 2. The van der Waals surface area contributed by atoms with Crippen LogP contribution in [-0.4, -0.2) is 23.6 Å². The minimum Gasteiger partial charge on any atom is -0.460 e. The van der Waals surface area contributed by atoms with Crippen LogP contribution in [0.25, 0.3) is 0 Å². The fourth-order valence-corrected chi connectivity index (χ4v) is 1.34. The highest BCUT2D eigenvalue weighted by Crippen LogP contribution is 2.10. The van der Waals surface area contributed by atoms with Gasteiger partial charge in [0.1, 0.15) is 5.60 Å². The Morgan fingerprint density at radius 2 is 2.00 bits per heavy atom. The van der Waals surface area contributed by atoms with Crippen LogP contribution in [0.1, 0.15) is 46.5 Å². The lowest BCUT2D eigenvalue weighted by Crippen LogP contribution is -2.40. The van der Waals surface area contributed by atoms with Crippen LogP contribution in [-0.2, 0) is 14.3 Å². The van der Waals surface area contributed by atoms with Crippen molar-refractivity contribution in [1.82, 2.24) is 5.32 Å². The quantitative estimate of drug-likeness (QED) is 0.313. The first-order chi connectivity index (χ1) is 8.24. The van der Waals surface area contributed by atoms with Gasteiger partial charge in [-0.15, -0.1) is 0 Å². The number of hydrogen-bond donors (Lipinski definition) is 2. The minimum atomic E-state index is -0.439. The summed E-state index contributed by atoms with van der Waals surface area (Å²) in [6, 6.07) is 0. The Morgan fingerprint density at radius 3 is 2.50 bits per heavy atom. The third-order valence-electron chi connectivity index (χ3n) is 2.08. The number of ether oxygens (including phenoxy) is 1. The molecule has 3 N–H and O–H groups in total. The van der Waals surface area contributed by atoms with Crippen molar-refractivity contribution < 1.29 is 14.3 Å². The molecule has 0 rings (SSSR count). The molecule has 1 amide bonds. The molecule has 0 saturated carbocycles. The number of nitrogens with two attached hydrogens (primary N) is 1. The van der Waals surface area contributed by atoms with E-state index in [-0.39, 0.29) is 11.9 Å². The van der Waals surface area contributed by atoms with E-state index in [0.29, 0.717) is 19.3 Å². The predicted octanol–water partition coefficient (Wildman–Crippen LogP) is 1.48. The zero-order chi connectivity index (χ0) is 14.2. The third kappa shape index (κ3) is 9.84. The summed E-state index contributed by atoms with van der Waals surface area (Å²) in [4.78, 5) is 22.3. The van der Waals surface area contributed by atoms with Crippen LogP contribution in [0.15, 0.2) is 12.7 Å². The Kier molecular flexibility index (Phi) is 7.27. The van der Waals surface area contributed by atoms with Crippen LogP contribution in [0.5, 0.6) is 0 Å². The third-order valence-corrected chi connectivity index (χ3v) is 2.08. The lowest BCUT2D eigenvalue weighted by atomic mass is 10.1. The van der Waals surface area contributed by atoms with Crippen molar-refractivity contribution in [2.24, 2.45) is 5.73 Å². The number of amides is 1. The van der Waals surface area contributed by atoms with Crippen LogP contribution < -0.4 is 11.1 Å². The van der Waals surface area contributed by atoms with E-state index in [1.54, 1.807) is 0 Å². The van der Waals surface area contributed by atoms with Gasteiger partial charge in [0.25, 0.3) is 0 Å². The smallest absolute Gasteiger partial charge is 0.306 e. The van der Waals surface area contributed by atoms with E-state index >= 15 is 0 Å². The summed E-state index contributed by atoms with van der Waals surface area (Å²) in [5.74, 6) is -0.485. The summed E-state index contributed by atoms with van der Waals surface area (Å²) in [7, 11) is 0. The second-order valence-corrected chi connectivity index (χ2v) is 5.15. The molecule has 0 aliphatic rings. The van der Waals surface area contributed by atoms with E-state index in [1.807, 2.05) is 20.8 Å². The minimum absolute atomic E-state index is 0.203. The SMILES string of the molecule is C=CC(=O)NC(N)CCCCC(=O)OC(C)(C)C. The molecule has 1 atom stereocenters. The highest BCUT2D eigenvalue weighted by atomic mass is 16.6. The maximum Gasteiger partial charge on any atom is 0.306 e. The number of esters is 1. The summed E-state index contributed by atoms with van der Waals surface area (Å²) in [6.45, 7) is 8.86. The standard InChI is InChI=1S/C13H24N2O3/c1-5-11(16)15-10(14)8-6-7-9-12(17)18-13(2,3)4/h5,10H,1,6-9,14H2,2-4H3,(H,15,16). The molecule has 0 spiro atoms. The van der Waals surface area contributed by atoms with Crippen molar-refractivity contribution in [2.45, 2.75) is 58.2 Å². The first-order valence-electron chi connectivity index (χ1n) is 6.15. The van der Waals surface area contributed by atoms with Crippen molar-refractivity contribution in [3.63, 3.8) is 0 Å². The molecule has 5 heteroatoms. The lowest BCUT2D eigenvalue weighted by Gasteiger charge is -2.19. The van der Waals surface area contributed by atoms with Gasteiger partial charge < -0.3 is 15.8 Å². The molecule has 0 aromatic carbocycles. The largest absolute Gasteiger partial charge is 0.460 e. The molecular formula is C13H24N2O3. The van der Waals surface area contributed by atoms with Crippen molar-refractivity contribution >= 4 is 11.9 Å². The molecule has 0 saturated heterocycles.